The zero-order valence-corrected chi connectivity index (χ0v) is 12.2. The molecule has 1 aliphatic heterocycles. The number of likely N-dealkylation sites (tertiary alicyclic amines) is 1. The van der Waals surface area contributed by atoms with Gasteiger partial charge >= 0.3 is 0 Å². The standard InChI is InChI=1S/C14H20ClN3O2/c1-9(18-6-2-3-11(19)8-18)14(20)17-13-7-10(15)4-5-12(13)16/h4-5,7,9,11,19H,2-3,6,8,16H2,1H3,(H,17,20). The van der Waals surface area contributed by atoms with Gasteiger partial charge in [-0.05, 0) is 44.5 Å². The monoisotopic (exact) mass is 297 g/mol. The summed E-state index contributed by atoms with van der Waals surface area (Å²) in [6, 6.07) is 4.65. The first kappa shape index (κ1) is 15.1. The molecule has 0 spiro atoms. The van der Waals surface area contributed by atoms with Gasteiger partial charge in [0.15, 0.2) is 0 Å². The fourth-order valence-corrected chi connectivity index (χ4v) is 2.55. The Labute approximate surface area is 123 Å². The van der Waals surface area contributed by atoms with E-state index in [1.54, 1.807) is 18.2 Å². The minimum atomic E-state index is -0.352. The Kier molecular flexibility index (Phi) is 4.86. The molecule has 0 bridgehead atoms. The predicted molar refractivity (Wildman–Crippen MR) is 80.8 cm³/mol. The smallest absolute Gasteiger partial charge is 0.241 e. The van der Waals surface area contributed by atoms with Gasteiger partial charge in [-0.3, -0.25) is 9.69 Å². The van der Waals surface area contributed by atoms with Crippen molar-refractivity contribution in [3.8, 4) is 0 Å². The van der Waals surface area contributed by atoms with E-state index in [2.05, 4.69) is 5.32 Å². The summed E-state index contributed by atoms with van der Waals surface area (Å²) in [6.45, 7) is 3.17. The predicted octanol–water partition coefficient (Wildman–Crippen LogP) is 1.71. The van der Waals surface area contributed by atoms with E-state index < -0.39 is 0 Å². The quantitative estimate of drug-likeness (QED) is 0.742. The van der Waals surface area contributed by atoms with Crippen LogP contribution >= 0.6 is 11.6 Å². The average molecular weight is 298 g/mol. The third-order valence-electron chi connectivity index (χ3n) is 3.63. The van der Waals surface area contributed by atoms with Gasteiger partial charge in [0.2, 0.25) is 5.91 Å². The lowest BCUT2D eigenvalue weighted by molar-refractivity contribution is -0.121. The van der Waals surface area contributed by atoms with Gasteiger partial charge in [0.25, 0.3) is 0 Å². The van der Waals surface area contributed by atoms with Crippen molar-refractivity contribution in [3.63, 3.8) is 0 Å². The number of rotatable bonds is 3. The molecule has 1 aliphatic rings. The number of hydrogen-bond donors (Lipinski definition) is 3. The van der Waals surface area contributed by atoms with Gasteiger partial charge in [0, 0.05) is 11.6 Å². The number of β-amino-alcohol motifs (C(OH)–C–C–N with tert-alkyl or cyclic N) is 1. The maximum absolute atomic E-state index is 12.2. The molecule has 1 aromatic rings. The highest BCUT2D eigenvalue weighted by Gasteiger charge is 2.26. The summed E-state index contributed by atoms with van der Waals surface area (Å²) in [4.78, 5) is 14.2. The SMILES string of the molecule is CC(C(=O)Nc1cc(Cl)ccc1N)N1CCCC(O)C1. The van der Waals surface area contributed by atoms with Crippen molar-refractivity contribution >= 4 is 28.9 Å². The van der Waals surface area contributed by atoms with Crippen LogP contribution in [0.2, 0.25) is 5.02 Å². The van der Waals surface area contributed by atoms with Crippen molar-refractivity contribution in [1.29, 1.82) is 0 Å². The van der Waals surface area contributed by atoms with Crippen LogP contribution in [0.4, 0.5) is 11.4 Å². The number of piperidine rings is 1. The molecule has 0 aromatic heterocycles. The van der Waals surface area contributed by atoms with Gasteiger partial charge in [0.1, 0.15) is 0 Å². The number of halogens is 1. The fraction of sp³-hybridized carbons (Fsp3) is 0.500. The van der Waals surface area contributed by atoms with E-state index in [1.165, 1.54) is 0 Å². The summed E-state index contributed by atoms with van der Waals surface area (Å²) in [7, 11) is 0. The fourth-order valence-electron chi connectivity index (χ4n) is 2.37. The van der Waals surface area contributed by atoms with Crippen LogP contribution in [0.5, 0.6) is 0 Å². The molecule has 1 fully saturated rings. The topological polar surface area (TPSA) is 78.6 Å². The molecular formula is C14H20ClN3O2. The molecule has 1 saturated heterocycles. The molecule has 1 amide bonds. The lowest BCUT2D eigenvalue weighted by atomic mass is 10.1. The maximum Gasteiger partial charge on any atom is 0.241 e. The number of benzene rings is 1. The van der Waals surface area contributed by atoms with Gasteiger partial charge < -0.3 is 16.2 Å². The van der Waals surface area contributed by atoms with E-state index in [4.69, 9.17) is 17.3 Å². The highest BCUT2D eigenvalue weighted by Crippen LogP contribution is 2.23. The summed E-state index contributed by atoms with van der Waals surface area (Å²) in [6.07, 6.45) is 1.35. The maximum atomic E-state index is 12.2. The van der Waals surface area contributed by atoms with Crippen LogP contribution in [0, 0.1) is 0 Å². The van der Waals surface area contributed by atoms with E-state index in [-0.39, 0.29) is 18.1 Å². The van der Waals surface area contributed by atoms with Crippen LogP contribution in [-0.4, -0.2) is 41.1 Å². The van der Waals surface area contributed by atoms with E-state index in [0.717, 1.165) is 19.4 Å². The molecule has 2 atom stereocenters. The third kappa shape index (κ3) is 3.62. The van der Waals surface area contributed by atoms with Gasteiger partial charge in [-0.2, -0.15) is 0 Å². The van der Waals surface area contributed by atoms with Crippen LogP contribution in [0.1, 0.15) is 19.8 Å². The summed E-state index contributed by atoms with van der Waals surface area (Å²) in [5, 5.41) is 13.0. The van der Waals surface area contributed by atoms with Crippen molar-refractivity contribution in [2.75, 3.05) is 24.1 Å². The number of amides is 1. The summed E-state index contributed by atoms with van der Waals surface area (Å²) >= 11 is 5.90. The molecule has 110 valence electrons. The zero-order chi connectivity index (χ0) is 14.7. The molecule has 6 heteroatoms. The zero-order valence-electron chi connectivity index (χ0n) is 11.5. The largest absolute Gasteiger partial charge is 0.397 e. The van der Waals surface area contributed by atoms with E-state index >= 15 is 0 Å². The van der Waals surface area contributed by atoms with Gasteiger partial charge in [-0.1, -0.05) is 11.6 Å². The Balaban J connectivity index is 2.02. The van der Waals surface area contributed by atoms with Crippen molar-refractivity contribution < 1.29 is 9.90 Å². The third-order valence-corrected chi connectivity index (χ3v) is 3.86. The molecule has 0 saturated carbocycles. The minimum Gasteiger partial charge on any atom is -0.397 e. The van der Waals surface area contributed by atoms with Crippen molar-refractivity contribution in [2.24, 2.45) is 0 Å². The Morgan fingerprint density at radius 2 is 2.35 bits per heavy atom. The Bertz CT molecular complexity index is 495. The van der Waals surface area contributed by atoms with Crippen LogP contribution in [0.25, 0.3) is 0 Å². The second kappa shape index (κ2) is 6.43. The molecule has 0 radical (unpaired) electrons. The molecule has 5 nitrogen and oxygen atoms in total. The lowest BCUT2D eigenvalue weighted by Gasteiger charge is -2.34. The summed E-state index contributed by atoms with van der Waals surface area (Å²) < 4.78 is 0. The van der Waals surface area contributed by atoms with Crippen molar-refractivity contribution in [3.05, 3.63) is 23.2 Å². The average Bonchev–Trinajstić information content (AvgIpc) is 2.42. The number of nitrogens with one attached hydrogen (secondary N) is 1. The molecule has 1 heterocycles. The number of nitrogens with two attached hydrogens (primary N) is 1. The lowest BCUT2D eigenvalue weighted by Crippen LogP contribution is -2.48. The van der Waals surface area contributed by atoms with E-state index in [0.29, 0.717) is 22.9 Å². The number of nitrogen functional groups attached to an aromatic ring is 1. The normalized spacial score (nSPS) is 21.4. The summed E-state index contributed by atoms with van der Waals surface area (Å²) in [5.74, 6) is -0.145. The number of hydrogen-bond acceptors (Lipinski definition) is 4. The van der Waals surface area contributed by atoms with Crippen LogP contribution in [0.15, 0.2) is 18.2 Å². The Morgan fingerprint density at radius 1 is 1.60 bits per heavy atom. The molecule has 4 N–H and O–H groups in total. The van der Waals surface area contributed by atoms with Gasteiger partial charge in [0.05, 0.1) is 23.5 Å². The summed E-state index contributed by atoms with van der Waals surface area (Å²) in [5.41, 5.74) is 6.81. The first-order valence-electron chi connectivity index (χ1n) is 6.75. The number of aliphatic hydroxyl groups is 1. The second-order valence-corrected chi connectivity index (χ2v) is 5.62. The number of nitrogens with zero attached hydrogens (tertiary/aromatic N) is 1. The van der Waals surface area contributed by atoms with Crippen LogP contribution in [-0.2, 0) is 4.79 Å². The number of aliphatic hydroxyl groups excluding tert-OH is 1. The highest BCUT2D eigenvalue weighted by atomic mass is 35.5. The van der Waals surface area contributed by atoms with Gasteiger partial charge in [-0.25, -0.2) is 0 Å². The first-order chi connectivity index (χ1) is 9.47. The van der Waals surface area contributed by atoms with Crippen molar-refractivity contribution in [2.45, 2.75) is 31.9 Å². The van der Waals surface area contributed by atoms with Crippen LogP contribution < -0.4 is 11.1 Å². The molecule has 2 unspecified atom stereocenters. The van der Waals surface area contributed by atoms with Gasteiger partial charge in [-0.15, -0.1) is 0 Å². The number of carbonyl (C=O) groups excluding carboxylic acids is 1. The van der Waals surface area contributed by atoms with E-state index in [9.17, 15) is 9.90 Å². The second-order valence-electron chi connectivity index (χ2n) is 5.19. The minimum absolute atomic E-state index is 0.145. The molecular weight excluding hydrogens is 278 g/mol. The molecule has 0 aliphatic carbocycles. The Hall–Kier alpha value is -1.30. The first-order valence-corrected chi connectivity index (χ1v) is 7.13. The number of anilines is 2. The molecule has 1 aromatic carbocycles. The molecule has 20 heavy (non-hydrogen) atoms. The van der Waals surface area contributed by atoms with Crippen LogP contribution in [0.3, 0.4) is 0 Å². The van der Waals surface area contributed by atoms with E-state index in [1.807, 2.05) is 11.8 Å². The molecule has 2 rings (SSSR count). The number of carbonyl (C=O) groups is 1. The Morgan fingerprint density at radius 3 is 3.05 bits per heavy atom. The highest BCUT2D eigenvalue weighted by molar-refractivity contribution is 6.31. The van der Waals surface area contributed by atoms with Crippen molar-refractivity contribution in [1.82, 2.24) is 4.90 Å².